The van der Waals surface area contributed by atoms with Crippen LogP contribution in [0.2, 0.25) is 5.02 Å². The molecule has 2 aromatic carbocycles. The van der Waals surface area contributed by atoms with Crippen molar-refractivity contribution in [3.05, 3.63) is 53.3 Å². The van der Waals surface area contributed by atoms with Crippen LogP contribution in [0, 0.1) is 5.82 Å². The average Bonchev–Trinajstić information content (AvgIpc) is 2.31. The standard InChI is InChI=1S/C13H7ClF4O/c14-9-3-6-12(15)11(7-9)8-1-4-10(5-2-8)19-13(16,17)18/h1-7H. The predicted molar refractivity (Wildman–Crippen MR) is 63.5 cm³/mol. The zero-order valence-corrected chi connectivity index (χ0v) is 10.1. The summed E-state index contributed by atoms with van der Waals surface area (Å²) in [5.74, 6) is -0.868. The maximum absolute atomic E-state index is 13.6. The van der Waals surface area contributed by atoms with Gasteiger partial charge in [-0.1, -0.05) is 23.7 Å². The van der Waals surface area contributed by atoms with E-state index >= 15 is 0 Å². The first kappa shape index (κ1) is 13.7. The number of halogens is 5. The molecule has 0 N–H and O–H groups in total. The quantitative estimate of drug-likeness (QED) is 0.704. The first-order valence-corrected chi connectivity index (χ1v) is 5.54. The highest BCUT2D eigenvalue weighted by Crippen LogP contribution is 2.29. The average molecular weight is 291 g/mol. The van der Waals surface area contributed by atoms with Crippen molar-refractivity contribution in [2.45, 2.75) is 6.36 Å². The molecule has 100 valence electrons. The van der Waals surface area contributed by atoms with Crippen molar-refractivity contribution in [1.82, 2.24) is 0 Å². The van der Waals surface area contributed by atoms with Gasteiger partial charge in [0.1, 0.15) is 11.6 Å². The molecule has 1 nitrogen and oxygen atoms in total. The molecule has 0 amide bonds. The number of hydrogen-bond acceptors (Lipinski definition) is 1. The van der Waals surface area contributed by atoms with Gasteiger partial charge in [0.15, 0.2) is 0 Å². The van der Waals surface area contributed by atoms with Crippen molar-refractivity contribution in [2.75, 3.05) is 0 Å². The molecule has 2 rings (SSSR count). The molecule has 0 aliphatic heterocycles. The van der Waals surface area contributed by atoms with E-state index in [4.69, 9.17) is 11.6 Å². The Balaban J connectivity index is 2.30. The summed E-state index contributed by atoms with van der Waals surface area (Å²) < 4.78 is 53.2. The van der Waals surface area contributed by atoms with Gasteiger partial charge < -0.3 is 4.74 Å². The van der Waals surface area contributed by atoms with Gasteiger partial charge in [0.2, 0.25) is 0 Å². The zero-order chi connectivity index (χ0) is 14.0. The lowest BCUT2D eigenvalue weighted by Crippen LogP contribution is -2.16. The lowest BCUT2D eigenvalue weighted by molar-refractivity contribution is -0.274. The largest absolute Gasteiger partial charge is 0.573 e. The van der Waals surface area contributed by atoms with E-state index < -0.39 is 12.2 Å². The van der Waals surface area contributed by atoms with E-state index in [1.165, 1.54) is 30.3 Å². The summed E-state index contributed by atoms with van der Waals surface area (Å²) >= 11 is 5.74. The van der Waals surface area contributed by atoms with Gasteiger partial charge in [-0.3, -0.25) is 0 Å². The molecule has 0 aliphatic carbocycles. The summed E-state index contributed by atoms with van der Waals surface area (Å²) in [4.78, 5) is 0. The Morgan fingerprint density at radius 3 is 2.16 bits per heavy atom. The molecule has 0 aliphatic rings. The molecule has 0 aromatic heterocycles. The second-order valence-electron chi connectivity index (χ2n) is 3.70. The van der Waals surface area contributed by atoms with Crippen molar-refractivity contribution < 1.29 is 22.3 Å². The van der Waals surface area contributed by atoms with Crippen LogP contribution in [0.4, 0.5) is 17.6 Å². The van der Waals surface area contributed by atoms with E-state index in [2.05, 4.69) is 4.74 Å². The Morgan fingerprint density at radius 1 is 0.947 bits per heavy atom. The van der Waals surface area contributed by atoms with E-state index in [-0.39, 0.29) is 11.3 Å². The van der Waals surface area contributed by atoms with Gasteiger partial charge in [0.05, 0.1) is 0 Å². The van der Waals surface area contributed by atoms with Crippen LogP contribution in [-0.4, -0.2) is 6.36 Å². The van der Waals surface area contributed by atoms with Gasteiger partial charge >= 0.3 is 6.36 Å². The van der Waals surface area contributed by atoms with Crippen LogP contribution >= 0.6 is 11.6 Å². The monoisotopic (exact) mass is 290 g/mol. The summed E-state index contributed by atoms with van der Waals surface area (Å²) in [5, 5.41) is 0.340. The lowest BCUT2D eigenvalue weighted by Gasteiger charge is -2.09. The third-order valence-electron chi connectivity index (χ3n) is 2.33. The number of hydrogen-bond donors (Lipinski definition) is 0. The van der Waals surface area contributed by atoms with Crippen molar-refractivity contribution in [3.8, 4) is 16.9 Å². The molecule has 2 aromatic rings. The van der Waals surface area contributed by atoms with Gasteiger partial charge in [0.25, 0.3) is 0 Å². The summed E-state index contributed by atoms with van der Waals surface area (Å²) in [7, 11) is 0. The predicted octanol–water partition coefficient (Wildman–Crippen LogP) is 5.04. The summed E-state index contributed by atoms with van der Waals surface area (Å²) in [6.07, 6.45) is -4.75. The van der Waals surface area contributed by atoms with Crippen LogP contribution in [0.15, 0.2) is 42.5 Å². The van der Waals surface area contributed by atoms with E-state index in [1.807, 2.05) is 0 Å². The van der Waals surface area contributed by atoms with E-state index in [0.29, 0.717) is 10.6 Å². The van der Waals surface area contributed by atoms with Crippen LogP contribution < -0.4 is 4.74 Å². The minimum atomic E-state index is -4.75. The Kier molecular flexibility index (Phi) is 3.66. The molecule has 0 radical (unpaired) electrons. The van der Waals surface area contributed by atoms with Crippen molar-refractivity contribution in [3.63, 3.8) is 0 Å². The molecule has 0 spiro atoms. The number of ether oxygens (including phenoxy) is 1. The summed E-state index contributed by atoms with van der Waals surface area (Å²) in [5.41, 5.74) is 0.626. The number of benzene rings is 2. The maximum atomic E-state index is 13.6. The molecule has 0 atom stereocenters. The minimum Gasteiger partial charge on any atom is -0.406 e. The second kappa shape index (κ2) is 5.09. The van der Waals surface area contributed by atoms with Crippen LogP contribution in [0.25, 0.3) is 11.1 Å². The molecule has 19 heavy (non-hydrogen) atoms. The first-order valence-electron chi connectivity index (χ1n) is 5.16. The molecular weight excluding hydrogens is 284 g/mol. The molecule has 6 heteroatoms. The van der Waals surface area contributed by atoms with Crippen molar-refractivity contribution in [1.29, 1.82) is 0 Å². The SMILES string of the molecule is Fc1ccc(Cl)cc1-c1ccc(OC(F)(F)F)cc1. The molecule has 0 saturated carbocycles. The third-order valence-corrected chi connectivity index (χ3v) is 2.56. The second-order valence-corrected chi connectivity index (χ2v) is 4.13. The first-order chi connectivity index (χ1) is 8.85. The molecule has 0 bridgehead atoms. The van der Waals surface area contributed by atoms with Gasteiger partial charge in [-0.2, -0.15) is 0 Å². The Labute approximate surface area is 111 Å². The van der Waals surface area contributed by atoms with Gasteiger partial charge in [0, 0.05) is 10.6 Å². The van der Waals surface area contributed by atoms with Crippen LogP contribution in [0.1, 0.15) is 0 Å². The Bertz CT molecular complexity index is 578. The zero-order valence-electron chi connectivity index (χ0n) is 9.34. The molecular formula is C13H7ClF4O. The highest BCUT2D eigenvalue weighted by atomic mass is 35.5. The normalized spacial score (nSPS) is 11.4. The van der Waals surface area contributed by atoms with E-state index in [9.17, 15) is 17.6 Å². The summed E-state index contributed by atoms with van der Waals surface area (Å²) in [6.45, 7) is 0. The van der Waals surface area contributed by atoms with Gasteiger partial charge in [-0.25, -0.2) is 4.39 Å². The topological polar surface area (TPSA) is 9.23 Å². The van der Waals surface area contributed by atoms with Crippen LogP contribution in [0.3, 0.4) is 0 Å². The molecule has 0 heterocycles. The molecule has 0 unspecified atom stereocenters. The van der Waals surface area contributed by atoms with Crippen LogP contribution in [-0.2, 0) is 0 Å². The van der Waals surface area contributed by atoms with E-state index in [1.54, 1.807) is 0 Å². The smallest absolute Gasteiger partial charge is 0.406 e. The lowest BCUT2D eigenvalue weighted by atomic mass is 10.1. The van der Waals surface area contributed by atoms with Gasteiger partial charge in [-0.15, -0.1) is 13.2 Å². The van der Waals surface area contributed by atoms with Crippen molar-refractivity contribution in [2.24, 2.45) is 0 Å². The fourth-order valence-corrected chi connectivity index (χ4v) is 1.73. The third kappa shape index (κ3) is 3.61. The highest BCUT2D eigenvalue weighted by Gasteiger charge is 2.30. The van der Waals surface area contributed by atoms with Crippen LogP contribution in [0.5, 0.6) is 5.75 Å². The highest BCUT2D eigenvalue weighted by molar-refractivity contribution is 6.30. The number of rotatable bonds is 2. The Hall–Kier alpha value is -1.75. The summed E-state index contributed by atoms with van der Waals surface area (Å²) in [6, 6.07) is 8.87. The minimum absolute atomic E-state index is 0.214. The number of alkyl halides is 3. The molecule has 0 saturated heterocycles. The maximum Gasteiger partial charge on any atom is 0.573 e. The molecule has 0 fully saturated rings. The fraction of sp³-hybridized carbons (Fsp3) is 0.0769. The Morgan fingerprint density at radius 2 is 1.58 bits per heavy atom. The van der Waals surface area contributed by atoms with E-state index in [0.717, 1.165) is 12.1 Å². The fourth-order valence-electron chi connectivity index (χ4n) is 1.55. The van der Waals surface area contributed by atoms with Gasteiger partial charge in [-0.05, 0) is 35.9 Å². The van der Waals surface area contributed by atoms with Crippen molar-refractivity contribution >= 4 is 11.6 Å².